The van der Waals surface area contributed by atoms with Crippen LogP contribution in [0.5, 0.6) is 0 Å². The number of anilines is 1. The molecule has 5 rings (SSSR count). The summed E-state index contributed by atoms with van der Waals surface area (Å²) in [5, 5.41) is 4.95. The zero-order chi connectivity index (χ0) is 19.8. The number of carbonyl (C=O) groups is 1. The number of hydrogen-bond acceptors (Lipinski definition) is 2. The first-order valence-electron chi connectivity index (χ1n) is 10.5. The maximum atomic E-state index is 12.8. The fourth-order valence-corrected chi connectivity index (χ4v) is 4.65. The van der Waals surface area contributed by atoms with E-state index < -0.39 is 0 Å². The molecule has 0 radical (unpaired) electrons. The van der Waals surface area contributed by atoms with Crippen LogP contribution < -0.4 is 22.3 Å². The largest absolute Gasteiger partial charge is 1.00 e. The molecular formula is C25H26ClN3O. The van der Waals surface area contributed by atoms with E-state index in [1.54, 1.807) is 6.92 Å². The van der Waals surface area contributed by atoms with Crippen LogP contribution in [0.4, 0.5) is 5.69 Å². The number of para-hydroxylation sites is 1. The van der Waals surface area contributed by atoms with Crippen LogP contribution in [-0.2, 0) is 0 Å². The molecule has 2 heterocycles. The van der Waals surface area contributed by atoms with Crippen molar-refractivity contribution in [2.45, 2.75) is 45.1 Å². The lowest BCUT2D eigenvalue weighted by Crippen LogP contribution is -3.00. The van der Waals surface area contributed by atoms with E-state index in [9.17, 15) is 4.79 Å². The van der Waals surface area contributed by atoms with Gasteiger partial charge >= 0.3 is 11.6 Å². The van der Waals surface area contributed by atoms with Crippen LogP contribution in [-0.4, -0.2) is 16.3 Å². The molecule has 1 fully saturated rings. The summed E-state index contributed by atoms with van der Waals surface area (Å²) in [5.41, 5.74) is 5.02. The molecule has 4 nitrogen and oxygen atoms in total. The van der Waals surface area contributed by atoms with Crippen molar-refractivity contribution in [2.75, 3.05) is 5.32 Å². The van der Waals surface area contributed by atoms with Gasteiger partial charge in [-0.2, -0.15) is 8.97 Å². The zero-order valence-corrected chi connectivity index (χ0v) is 17.9. The van der Waals surface area contributed by atoms with Crippen molar-refractivity contribution >= 4 is 28.1 Å². The summed E-state index contributed by atoms with van der Waals surface area (Å²) in [6.45, 7) is 1.64. The fraction of sp³-hybridized carbons (Fsp3) is 0.280. The maximum absolute atomic E-state index is 12.8. The third-order valence-electron chi connectivity index (χ3n) is 6.02. The molecule has 4 aromatic rings. The third kappa shape index (κ3) is 3.56. The predicted molar refractivity (Wildman–Crippen MR) is 117 cm³/mol. The first-order valence-corrected chi connectivity index (χ1v) is 10.5. The van der Waals surface area contributed by atoms with Crippen LogP contribution in [0.3, 0.4) is 0 Å². The Balaban J connectivity index is 0.00000218. The number of nitrogens with zero attached hydrogens (tertiary/aromatic N) is 2. The van der Waals surface area contributed by atoms with Gasteiger partial charge < -0.3 is 17.7 Å². The summed E-state index contributed by atoms with van der Waals surface area (Å²) in [4.78, 5) is 12.8. The van der Waals surface area contributed by atoms with E-state index in [0.29, 0.717) is 6.04 Å². The van der Waals surface area contributed by atoms with E-state index >= 15 is 0 Å². The minimum Gasteiger partial charge on any atom is -1.00 e. The lowest BCUT2D eigenvalue weighted by molar-refractivity contribution is -0.531. The predicted octanol–water partition coefficient (Wildman–Crippen LogP) is 2.46. The van der Waals surface area contributed by atoms with Crippen molar-refractivity contribution in [3.05, 3.63) is 66.9 Å². The van der Waals surface area contributed by atoms with Crippen molar-refractivity contribution in [3.8, 4) is 11.3 Å². The van der Waals surface area contributed by atoms with E-state index in [-0.39, 0.29) is 18.3 Å². The second-order valence-electron chi connectivity index (χ2n) is 8.02. The Morgan fingerprint density at radius 3 is 2.43 bits per heavy atom. The van der Waals surface area contributed by atoms with Crippen LogP contribution in [0.1, 0.15) is 43.8 Å². The highest BCUT2D eigenvalue weighted by Crippen LogP contribution is 2.30. The molecule has 2 aromatic carbocycles. The molecule has 1 N–H and O–H groups in total. The van der Waals surface area contributed by atoms with Gasteiger partial charge in [-0.25, -0.2) is 4.79 Å². The number of pyridine rings is 1. The highest BCUT2D eigenvalue weighted by atomic mass is 35.5. The normalized spacial score (nSPS) is 14.6. The van der Waals surface area contributed by atoms with Crippen molar-refractivity contribution in [2.24, 2.45) is 0 Å². The van der Waals surface area contributed by atoms with Crippen LogP contribution in [0.15, 0.2) is 66.9 Å². The average Bonchev–Trinajstić information content (AvgIpc) is 3.17. The quantitative estimate of drug-likeness (QED) is 0.518. The average molecular weight is 420 g/mol. The molecule has 0 unspecified atom stereocenters. The van der Waals surface area contributed by atoms with Gasteiger partial charge in [-0.1, -0.05) is 67.8 Å². The molecule has 0 amide bonds. The molecule has 0 saturated heterocycles. The molecule has 0 aliphatic heterocycles. The summed E-state index contributed by atoms with van der Waals surface area (Å²) in [7, 11) is 0. The third-order valence-corrected chi connectivity index (χ3v) is 6.02. The number of rotatable bonds is 3. The molecule has 1 saturated carbocycles. The van der Waals surface area contributed by atoms with Gasteiger partial charge in [0, 0.05) is 23.9 Å². The lowest BCUT2D eigenvalue weighted by Gasteiger charge is -2.23. The van der Waals surface area contributed by atoms with Crippen molar-refractivity contribution in [3.63, 3.8) is 0 Å². The molecular weight excluding hydrogens is 394 g/mol. The van der Waals surface area contributed by atoms with Gasteiger partial charge in [0.2, 0.25) is 0 Å². The number of carbonyl (C=O) groups excluding carboxylic acids is 1. The molecule has 5 heteroatoms. The monoisotopic (exact) mass is 419 g/mol. The Morgan fingerprint density at radius 2 is 1.70 bits per heavy atom. The first kappa shape index (κ1) is 20.4. The second-order valence-corrected chi connectivity index (χ2v) is 8.02. The Hall–Kier alpha value is -2.85. The van der Waals surface area contributed by atoms with Crippen molar-refractivity contribution in [1.82, 2.24) is 4.40 Å². The van der Waals surface area contributed by atoms with Crippen molar-refractivity contribution in [1.29, 1.82) is 0 Å². The number of imidazole rings is 1. The van der Waals surface area contributed by atoms with Gasteiger partial charge in [0.1, 0.15) is 17.4 Å². The number of hydrogen-bond donors (Lipinski definition) is 1. The first-order chi connectivity index (χ1) is 14.2. The smallest absolute Gasteiger partial charge is 0.318 e. The minimum absolute atomic E-state index is 0. The number of nitrogens with one attached hydrogen (secondary N) is 1. The SMILES string of the molecule is CC(=O)[n+]1c(-c2ccccc2)cn2c3ccccc3cc(NC3CCCCC3)c21.[Cl-]. The lowest BCUT2D eigenvalue weighted by atomic mass is 9.95. The van der Waals surface area contributed by atoms with E-state index in [2.05, 4.69) is 58.4 Å². The minimum atomic E-state index is 0. The Kier molecular flexibility index (Phi) is 5.78. The van der Waals surface area contributed by atoms with Crippen LogP contribution in [0, 0.1) is 0 Å². The Morgan fingerprint density at radius 1 is 1.00 bits per heavy atom. The molecule has 0 spiro atoms. The highest BCUT2D eigenvalue weighted by molar-refractivity contribution is 5.90. The van der Waals surface area contributed by atoms with Gasteiger partial charge in [0.15, 0.2) is 5.69 Å². The molecule has 2 aromatic heterocycles. The summed E-state index contributed by atoms with van der Waals surface area (Å²) < 4.78 is 4.02. The van der Waals surface area contributed by atoms with Gasteiger partial charge in [0.25, 0.3) is 0 Å². The number of benzene rings is 2. The fourth-order valence-electron chi connectivity index (χ4n) is 4.65. The van der Waals surface area contributed by atoms with Gasteiger partial charge in [-0.3, -0.25) is 0 Å². The van der Waals surface area contributed by atoms with Crippen molar-refractivity contribution < 1.29 is 21.8 Å². The standard InChI is InChI=1S/C25H26N3O.ClH/c1-18(29)28-24(19-10-4-2-5-11-19)17-27-23-15-9-8-12-20(23)16-22(25(27)28)26-21-13-6-3-7-14-21;/h2,4-5,8-12,15-17,21,26H,3,6-7,13-14H2,1H3;1H/q+1;/p-1. The molecule has 30 heavy (non-hydrogen) atoms. The molecule has 1 aliphatic carbocycles. The van der Waals surface area contributed by atoms with E-state index in [0.717, 1.165) is 28.1 Å². The highest BCUT2D eigenvalue weighted by Gasteiger charge is 2.28. The molecule has 154 valence electrons. The van der Waals surface area contributed by atoms with E-state index in [1.165, 1.54) is 37.5 Å². The summed E-state index contributed by atoms with van der Waals surface area (Å²) in [6, 6.07) is 21.2. The zero-order valence-electron chi connectivity index (χ0n) is 17.1. The van der Waals surface area contributed by atoms with E-state index in [4.69, 9.17) is 0 Å². The number of halogens is 1. The second kappa shape index (κ2) is 8.49. The Labute approximate surface area is 182 Å². The Bertz CT molecular complexity index is 1190. The van der Waals surface area contributed by atoms with E-state index in [1.807, 2.05) is 22.8 Å². The van der Waals surface area contributed by atoms with Gasteiger partial charge in [0.05, 0.1) is 0 Å². The summed E-state index contributed by atoms with van der Waals surface area (Å²) in [6.07, 6.45) is 8.33. The van der Waals surface area contributed by atoms with Gasteiger partial charge in [-0.15, -0.1) is 0 Å². The topological polar surface area (TPSA) is 37.4 Å². The van der Waals surface area contributed by atoms with Crippen LogP contribution >= 0.6 is 0 Å². The molecule has 0 atom stereocenters. The summed E-state index contributed by atoms with van der Waals surface area (Å²) in [5.74, 6) is 0.0216. The van der Waals surface area contributed by atoms with Gasteiger partial charge in [-0.05, 0) is 25.0 Å². The number of aromatic nitrogens is 2. The van der Waals surface area contributed by atoms with Crippen LogP contribution in [0.2, 0.25) is 0 Å². The molecule has 0 bridgehead atoms. The van der Waals surface area contributed by atoms with Crippen LogP contribution in [0.25, 0.3) is 27.8 Å². The number of fused-ring (bicyclic) bond motifs is 3. The molecule has 1 aliphatic rings. The summed E-state index contributed by atoms with van der Waals surface area (Å²) >= 11 is 0. The maximum Gasteiger partial charge on any atom is 0.318 e.